The summed E-state index contributed by atoms with van der Waals surface area (Å²) in [5.41, 5.74) is 0. The number of aliphatic hydroxyl groups is 1. The Labute approximate surface area is 86.8 Å². The maximum absolute atomic E-state index is 10.9. The molecule has 0 aliphatic carbocycles. The second kappa shape index (κ2) is 7.74. The van der Waals surface area contributed by atoms with Gasteiger partial charge in [-0.2, -0.15) is 0 Å². The number of carbonyl (C=O) groups excluding carboxylic acids is 3. The van der Waals surface area contributed by atoms with Crippen molar-refractivity contribution in [3.05, 3.63) is 0 Å². The number of rotatable bonds is 5. The summed E-state index contributed by atoms with van der Waals surface area (Å²) in [6.07, 6.45) is 0. The average Bonchev–Trinajstić information content (AvgIpc) is 2.20. The van der Waals surface area contributed by atoms with Gasteiger partial charge in [-0.25, -0.2) is 0 Å². The summed E-state index contributed by atoms with van der Waals surface area (Å²) < 4.78 is 4.53. The molecule has 2 amide bonds. The van der Waals surface area contributed by atoms with Gasteiger partial charge >= 0.3 is 17.8 Å². The molecule has 0 radical (unpaired) electrons. The van der Waals surface area contributed by atoms with E-state index in [0.717, 1.165) is 0 Å². The molecule has 0 spiro atoms. The highest BCUT2D eigenvalue weighted by molar-refractivity contribution is 6.35. The lowest BCUT2D eigenvalue weighted by molar-refractivity contribution is -0.142. The minimum Gasteiger partial charge on any atom is -0.464 e. The molecular formula is C8H14N2O5. The molecule has 0 aromatic heterocycles. The highest BCUT2D eigenvalue weighted by atomic mass is 16.5. The molecule has 0 fully saturated rings. The lowest BCUT2D eigenvalue weighted by Crippen LogP contribution is -2.42. The van der Waals surface area contributed by atoms with Crippen molar-refractivity contribution in [1.82, 2.24) is 10.6 Å². The van der Waals surface area contributed by atoms with Crippen molar-refractivity contribution >= 4 is 17.8 Å². The van der Waals surface area contributed by atoms with Crippen LogP contribution in [0.3, 0.4) is 0 Å². The van der Waals surface area contributed by atoms with Crippen LogP contribution in [0.2, 0.25) is 0 Å². The molecule has 0 heterocycles. The summed E-state index contributed by atoms with van der Waals surface area (Å²) in [6.45, 7) is 1.14. The fraction of sp³-hybridized carbons (Fsp3) is 0.625. The third-order valence-electron chi connectivity index (χ3n) is 1.30. The zero-order valence-electron chi connectivity index (χ0n) is 8.41. The number of esters is 1. The highest BCUT2D eigenvalue weighted by Gasteiger charge is 2.11. The van der Waals surface area contributed by atoms with Gasteiger partial charge in [-0.05, 0) is 0 Å². The second-order valence-electron chi connectivity index (χ2n) is 2.58. The van der Waals surface area contributed by atoms with Gasteiger partial charge in [0.05, 0.1) is 13.2 Å². The van der Waals surface area contributed by atoms with Crippen molar-refractivity contribution < 1.29 is 24.2 Å². The van der Waals surface area contributed by atoms with Crippen LogP contribution in [0.25, 0.3) is 0 Å². The van der Waals surface area contributed by atoms with E-state index < -0.39 is 17.8 Å². The largest absolute Gasteiger partial charge is 0.464 e. The van der Waals surface area contributed by atoms with E-state index in [1.165, 1.54) is 6.92 Å². The number of hydrogen-bond donors (Lipinski definition) is 3. The van der Waals surface area contributed by atoms with Gasteiger partial charge in [0.1, 0.15) is 6.61 Å². The lowest BCUT2D eigenvalue weighted by atomic mass is 10.5. The predicted octanol–water partition coefficient (Wildman–Crippen LogP) is -2.23. The van der Waals surface area contributed by atoms with Crippen molar-refractivity contribution in [2.75, 3.05) is 26.3 Å². The molecule has 0 aliphatic heterocycles. The Hall–Kier alpha value is -1.63. The van der Waals surface area contributed by atoms with Gasteiger partial charge in [0, 0.05) is 13.5 Å². The number of carbonyl (C=O) groups is 3. The predicted molar refractivity (Wildman–Crippen MR) is 49.7 cm³/mol. The summed E-state index contributed by atoms with van der Waals surface area (Å²) >= 11 is 0. The van der Waals surface area contributed by atoms with E-state index in [1.54, 1.807) is 0 Å². The molecule has 0 aliphatic rings. The molecule has 0 aromatic carbocycles. The van der Waals surface area contributed by atoms with Crippen LogP contribution in [-0.2, 0) is 19.1 Å². The molecule has 0 bridgehead atoms. The van der Waals surface area contributed by atoms with E-state index in [-0.39, 0.29) is 26.3 Å². The van der Waals surface area contributed by atoms with Crippen molar-refractivity contribution in [2.24, 2.45) is 0 Å². The quantitative estimate of drug-likeness (QED) is 0.275. The van der Waals surface area contributed by atoms with Crippen LogP contribution in [0.5, 0.6) is 0 Å². The van der Waals surface area contributed by atoms with Crippen molar-refractivity contribution in [1.29, 1.82) is 0 Å². The Bertz CT molecular complexity index is 241. The van der Waals surface area contributed by atoms with Gasteiger partial charge < -0.3 is 20.5 Å². The molecule has 0 saturated heterocycles. The summed E-state index contributed by atoms with van der Waals surface area (Å²) in [6, 6.07) is 0. The van der Waals surface area contributed by atoms with Gasteiger partial charge in [-0.3, -0.25) is 14.4 Å². The number of hydrogen-bond acceptors (Lipinski definition) is 5. The van der Waals surface area contributed by atoms with Crippen LogP contribution in [0.4, 0.5) is 0 Å². The van der Waals surface area contributed by atoms with E-state index in [9.17, 15) is 14.4 Å². The Kier molecular flexibility index (Phi) is 6.90. The van der Waals surface area contributed by atoms with E-state index in [0.29, 0.717) is 0 Å². The van der Waals surface area contributed by atoms with Crippen molar-refractivity contribution in [3.8, 4) is 0 Å². The summed E-state index contributed by atoms with van der Waals surface area (Å²) in [7, 11) is 0. The fourth-order valence-electron chi connectivity index (χ4n) is 0.689. The summed E-state index contributed by atoms with van der Waals surface area (Å²) in [5.74, 6) is -2.10. The fourth-order valence-corrected chi connectivity index (χ4v) is 0.689. The standard InChI is InChI=1S/C8H14N2O5/c1-6(12)15-5-3-10-8(14)7(13)9-2-4-11/h11H,2-5H2,1H3,(H,9,13)(H,10,14). The third kappa shape index (κ3) is 7.44. The van der Waals surface area contributed by atoms with Crippen LogP contribution in [-0.4, -0.2) is 49.2 Å². The number of nitrogens with one attached hydrogen (secondary N) is 2. The minimum atomic E-state index is -0.827. The summed E-state index contributed by atoms with van der Waals surface area (Å²) in [4.78, 5) is 32.2. The number of aliphatic hydroxyl groups excluding tert-OH is 1. The molecule has 0 atom stereocenters. The summed E-state index contributed by atoms with van der Waals surface area (Å²) in [5, 5.41) is 12.8. The van der Waals surface area contributed by atoms with Gasteiger partial charge in [-0.15, -0.1) is 0 Å². The van der Waals surface area contributed by atoms with Crippen LogP contribution < -0.4 is 10.6 Å². The molecule has 15 heavy (non-hydrogen) atoms. The minimum absolute atomic E-state index is 0.0222. The molecule has 0 aromatic rings. The Morgan fingerprint density at radius 3 is 2.13 bits per heavy atom. The topological polar surface area (TPSA) is 105 Å². The maximum Gasteiger partial charge on any atom is 0.309 e. The smallest absolute Gasteiger partial charge is 0.309 e. The van der Waals surface area contributed by atoms with Crippen molar-refractivity contribution in [2.45, 2.75) is 6.92 Å². The first-order valence-corrected chi connectivity index (χ1v) is 4.38. The van der Waals surface area contributed by atoms with Crippen LogP contribution in [0.1, 0.15) is 6.92 Å². The SMILES string of the molecule is CC(=O)OCCNC(=O)C(=O)NCCO. The van der Waals surface area contributed by atoms with E-state index >= 15 is 0 Å². The first kappa shape index (κ1) is 13.4. The van der Waals surface area contributed by atoms with E-state index in [2.05, 4.69) is 15.4 Å². The van der Waals surface area contributed by atoms with Crippen molar-refractivity contribution in [3.63, 3.8) is 0 Å². The Balaban J connectivity index is 3.55. The normalized spacial score (nSPS) is 9.20. The molecule has 7 heteroatoms. The molecule has 0 saturated carbocycles. The molecule has 7 nitrogen and oxygen atoms in total. The van der Waals surface area contributed by atoms with Crippen LogP contribution in [0.15, 0.2) is 0 Å². The molecule has 86 valence electrons. The number of ether oxygens (including phenoxy) is 1. The Morgan fingerprint density at radius 2 is 1.67 bits per heavy atom. The molecule has 0 unspecified atom stereocenters. The third-order valence-corrected chi connectivity index (χ3v) is 1.30. The van der Waals surface area contributed by atoms with Gasteiger partial charge in [0.15, 0.2) is 0 Å². The highest BCUT2D eigenvalue weighted by Crippen LogP contribution is 1.75. The van der Waals surface area contributed by atoms with E-state index in [4.69, 9.17) is 5.11 Å². The monoisotopic (exact) mass is 218 g/mol. The van der Waals surface area contributed by atoms with Gasteiger partial charge in [0.2, 0.25) is 0 Å². The first-order valence-electron chi connectivity index (χ1n) is 4.38. The lowest BCUT2D eigenvalue weighted by Gasteiger charge is -2.05. The Morgan fingerprint density at radius 1 is 1.13 bits per heavy atom. The molecule has 3 N–H and O–H groups in total. The van der Waals surface area contributed by atoms with Crippen LogP contribution in [0, 0.1) is 0 Å². The zero-order chi connectivity index (χ0) is 11.7. The number of amides is 2. The maximum atomic E-state index is 10.9. The van der Waals surface area contributed by atoms with Gasteiger partial charge in [0.25, 0.3) is 0 Å². The molecular weight excluding hydrogens is 204 g/mol. The average molecular weight is 218 g/mol. The van der Waals surface area contributed by atoms with E-state index in [1.807, 2.05) is 0 Å². The zero-order valence-corrected chi connectivity index (χ0v) is 8.41. The second-order valence-corrected chi connectivity index (χ2v) is 2.58. The first-order chi connectivity index (χ1) is 7.07. The van der Waals surface area contributed by atoms with Gasteiger partial charge in [-0.1, -0.05) is 0 Å². The molecule has 0 rings (SSSR count). The van der Waals surface area contributed by atoms with Crippen LogP contribution >= 0.6 is 0 Å².